The lowest BCUT2D eigenvalue weighted by atomic mass is 10.1. The van der Waals surface area contributed by atoms with Gasteiger partial charge in [-0.1, -0.05) is 51.2 Å². The molecule has 0 bridgehead atoms. The maximum absolute atomic E-state index is 11.7. The van der Waals surface area contributed by atoms with Crippen molar-refractivity contribution in [3.05, 3.63) is 30.9 Å². The van der Waals surface area contributed by atoms with Crippen molar-refractivity contribution in [2.45, 2.75) is 71.1 Å². The number of rotatable bonds is 11. The van der Waals surface area contributed by atoms with Gasteiger partial charge in [0.2, 0.25) is 5.91 Å². The van der Waals surface area contributed by atoms with Gasteiger partial charge < -0.3 is 0 Å². The van der Waals surface area contributed by atoms with Crippen LogP contribution in [0.5, 0.6) is 0 Å². The van der Waals surface area contributed by atoms with E-state index in [-0.39, 0.29) is 5.91 Å². The molecule has 3 heteroatoms. The van der Waals surface area contributed by atoms with Crippen LogP contribution in [0, 0.1) is 0 Å². The van der Waals surface area contributed by atoms with Crippen LogP contribution >= 0.6 is 0 Å². The summed E-state index contributed by atoms with van der Waals surface area (Å²) < 4.78 is 1.57. The molecule has 0 fully saturated rings. The molecule has 0 saturated carbocycles. The van der Waals surface area contributed by atoms with Crippen molar-refractivity contribution in [1.29, 1.82) is 0 Å². The Hall–Kier alpha value is -1.38. The number of carbonyl (C=O) groups excluding carboxylic acids is 1. The Balaban J connectivity index is 1.88. The smallest absolute Gasteiger partial charge is 0.231 e. The highest BCUT2D eigenvalue weighted by Crippen LogP contribution is 2.09. The Morgan fingerprint density at radius 3 is 2.45 bits per heavy atom. The summed E-state index contributed by atoms with van der Waals surface area (Å²) >= 11 is 0. The summed E-state index contributed by atoms with van der Waals surface area (Å²) in [5, 5.41) is 0. The van der Waals surface area contributed by atoms with Crippen molar-refractivity contribution in [1.82, 2.24) is 9.55 Å². The summed E-state index contributed by atoms with van der Waals surface area (Å²) in [6.45, 7) is 2.23. The maximum Gasteiger partial charge on any atom is 0.231 e. The second-order valence-electron chi connectivity index (χ2n) is 5.28. The quantitative estimate of drug-likeness (QED) is 0.421. The summed E-state index contributed by atoms with van der Waals surface area (Å²) in [5.74, 6) is 0.154. The molecule has 0 aromatic carbocycles. The minimum atomic E-state index is 0.154. The predicted molar refractivity (Wildman–Crippen MR) is 83.8 cm³/mol. The molecular weight excluding hydrogens is 248 g/mol. The van der Waals surface area contributed by atoms with Gasteiger partial charge in [0.25, 0.3) is 0 Å². The van der Waals surface area contributed by atoms with Gasteiger partial charge in [-0.15, -0.1) is 0 Å². The molecule has 0 aliphatic carbocycles. The molecule has 0 atom stereocenters. The molecule has 1 aromatic rings. The molecule has 1 aromatic heterocycles. The van der Waals surface area contributed by atoms with E-state index in [2.05, 4.69) is 24.1 Å². The first-order valence-electron chi connectivity index (χ1n) is 8.00. The van der Waals surface area contributed by atoms with Crippen molar-refractivity contribution in [2.75, 3.05) is 0 Å². The minimum Gasteiger partial charge on any atom is -0.276 e. The molecule has 0 unspecified atom stereocenters. The zero-order valence-corrected chi connectivity index (χ0v) is 12.8. The van der Waals surface area contributed by atoms with Gasteiger partial charge in [-0.3, -0.25) is 9.36 Å². The zero-order valence-electron chi connectivity index (χ0n) is 12.8. The molecule has 20 heavy (non-hydrogen) atoms. The Morgan fingerprint density at radius 2 is 1.75 bits per heavy atom. The highest BCUT2D eigenvalue weighted by molar-refractivity contribution is 5.78. The van der Waals surface area contributed by atoms with E-state index in [1.807, 2.05) is 0 Å². The largest absolute Gasteiger partial charge is 0.276 e. The first-order chi connectivity index (χ1) is 9.84. The van der Waals surface area contributed by atoms with Crippen molar-refractivity contribution >= 4 is 5.91 Å². The number of allylic oxidation sites excluding steroid dienone is 2. The van der Waals surface area contributed by atoms with Crippen LogP contribution in [0.3, 0.4) is 0 Å². The fourth-order valence-electron chi connectivity index (χ4n) is 2.16. The highest BCUT2D eigenvalue weighted by Gasteiger charge is 2.02. The lowest BCUT2D eigenvalue weighted by Gasteiger charge is -2.01. The van der Waals surface area contributed by atoms with Crippen molar-refractivity contribution in [3.63, 3.8) is 0 Å². The maximum atomic E-state index is 11.7. The van der Waals surface area contributed by atoms with E-state index in [0.717, 1.165) is 12.8 Å². The van der Waals surface area contributed by atoms with Crippen LogP contribution in [-0.2, 0) is 0 Å². The topological polar surface area (TPSA) is 34.9 Å². The molecule has 0 saturated heterocycles. The molecule has 0 radical (unpaired) electrons. The molecular formula is C17H28N2O. The third-order valence-electron chi connectivity index (χ3n) is 3.44. The van der Waals surface area contributed by atoms with Crippen molar-refractivity contribution in [2.24, 2.45) is 0 Å². The third-order valence-corrected chi connectivity index (χ3v) is 3.44. The SMILES string of the molecule is CCCCC=CCCCCCCCC(=O)n1ccnc1. The van der Waals surface area contributed by atoms with Gasteiger partial charge in [0.15, 0.2) is 0 Å². The van der Waals surface area contributed by atoms with Crippen LogP contribution in [0.1, 0.15) is 75.9 Å². The van der Waals surface area contributed by atoms with Gasteiger partial charge >= 0.3 is 0 Å². The standard InChI is InChI=1S/C17H28N2O/c1-2-3-4-5-6-7-8-9-10-11-12-13-17(20)19-15-14-18-16-19/h5-6,14-16H,2-4,7-13H2,1H3. The van der Waals surface area contributed by atoms with Crippen molar-refractivity contribution < 1.29 is 4.79 Å². The molecule has 0 N–H and O–H groups in total. The number of nitrogens with zero attached hydrogens (tertiary/aromatic N) is 2. The summed E-state index contributed by atoms with van der Waals surface area (Å²) in [5.41, 5.74) is 0. The molecule has 1 heterocycles. The molecule has 0 amide bonds. The van der Waals surface area contributed by atoms with Crippen LogP contribution in [0.25, 0.3) is 0 Å². The number of unbranched alkanes of at least 4 members (excludes halogenated alkanes) is 7. The Bertz CT molecular complexity index is 368. The first kappa shape index (κ1) is 16.7. The average Bonchev–Trinajstić information content (AvgIpc) is 2.99. The average molecular weight is 276 g/mol. The van der Waals surface area contributed by atoms with Gasteiger partial charge in [-0.25, -0.2) is 4.98 Å². The van der Waals surface area contributed by atoms with Crippen LogP contribution < -0.4 is 0 Å². The molecule has 1 rings (SSSR count). The fraction of sp³-hybridized carbons (Fsp3) is 0.647. The second-order valence-corrected chi connectivity index (χ2v) is 5.28. The monoisotopic (exact) mass is 276 g/mol. The van der Waals surface area contributed by atoms with Gasteiger partial charge in [0.1, 0.15) is 6.33 Å². The van der Waals surface area contributed by atoms with Gasteiger partial charge in [0.05, 0.1) is 0 Å². The van der Waals surface area contributed by atoms with Gasteiger partial charge in [0, 0.05) is 18.8 Å². The van der Waals surface area contributed by atoms with E-state index in [1.54, 1.807) is 23.3 Å². The van der Waals surface area contributed by atoms with Crippen molar-refractivity contribution in [3.8, 4) is 0 Å². The molecule has 112 valence electrons. The number of hydrogen-bond acceptors (Lipinski definition) is 2. The number of carbonyl (C=O) groups is 1. The van der Waals surface area contributed by atoms with E-state index in [1.165, 1.54) is 44.9 Å². The Kier molecular flexibility index (Phi) is 9.54. The van der Waals surface area contributed by atoms with Crippen LogP contribution in [-0.4, -0.2) is 15.5 Å². The molecule has 0 aliphatic rings. The highest BCUT2D eigenvalue weighted by atomic mass is 16.2. The normalized spacial score (nSPS) is 11.2. The summed E-state index contributed by atoms with van der Waals surface area (Å²) in [6.07, 6.45) is 21.2. The second kappa shape index (κ2) is 11.4. The molecule has 0 spiro atoms. The summed E-state index contributed by atoms with van der Waals surface area (Å²) in [4.78, 5) is 15.6. The summed E-state index contributed by atoms with van der Waals surface area (Å²) in [6, 6.07) is 0. The van der Waals surface area contributed by atoms with Gasteiger partial charge in [-0.2, -0.15) is 0 Å². The Morgan fingerprint density at radius 1 is 1.05 bits per heavy atom. The summed E-state index contributed by atoms with van der Waals surface area (Å²) in [7, 11) is 0. The third kappa shape index (κ3) is 7.93. The van der Waals surface area contributed by atoms with E-state index in [0.29, 0.717) is 6.42 Å². The predicted octanol–water partition coefficient (Wildman–Crippen LogP) is 5.00. The van der Waals surface area contributed by atoms with Crippen LogP contribution in [0.15, 0.2) is 30.9 Å². The Labute approximate surface area is 123 Å². The van der Waals surface area contributed by atoms with Crippen LogP contribution in [0.2, 0.25) is 0 Å². The number of imidazole rings is 1. The lowest BCUT2D eigenvalue weighted by Crippen LogP contribution is -2.07. The van der Waals surface area contributed by atoms with Crippen LogP contribution in [0.4, 0.5) is 0 Å². The zero-order chi connectivity index (χ0) is 14.5. The minimum absolute atomic E-state index is 0.154. The van der Waals surface area contributed by atoms with E-state index >= 15 is 0 Å². The lowest BCUT2D eigenvalue weighted by molar-refractivity contribution is 0.0899. The molecule has 3 nitrogen and oxygen atoms in total. The fourth-order valence-corrected chi connectivity index (χ4v) is 2.16. The number of hydrogen-bond donors (Lipinski definition) is 0. The van der Waals surface area contributed by atoms with E-state index in [4.69, 9.17) is 0 Å². The van der Waals surface area contributed by atoms with Gasteiger partial charge in [-0.05, 0) is 25.7 Å². The van der Waals surface area contributed by atoms with E-state index in [9.17, 15) is 4.79 Å². The molecule has 0 aliphatic heterocycles. The number of aromatic nitrogens is 2. The first-order valence-corrected chi connectivity index (χ1v) is 8.00. The van der Waals surface area contributed by atoms with E-state index < -0.39 is 0 Å².